The average molecular weight is 381 g/mol. The molecule has 0 aliphatic rings. The predicted octanol–water partition coefficient (Wildman–Crippen LogP) is 3.52. The summed E-state index contributed by atoms with van der Waals surface area (Å²) in [7, 11) is 3.36. The van der Waals surface area contributed by atoms with Crippen LogP contribution in [0, 0.1) is 10.1 Å². The van der Waals surface area contributed by atoms with Gasteiger partial charge in [0.05, 0.1) is 21.4 Å². The topological polar surface area (TPSA) is 75.5 Å². The standard InChI is InChI=1S/C13H14F3N3O3S2/c1-7(24-12(23)18(2)3)11(20)17-10-5-4-8(19(21)22)6-9(10)13(14,15)16/h4-7H,1-3H3,(H,17,20)/t7-/m0/s1. The van der Waals surface area contributed by atoms with Crippen LogP contribution in [0.4, 0.5) is 24.5 Å². The number of hydrogen-bond donors (Lipinski definition) is 1. The van der Waals surface area contributed by atoms with Crippen molar-refractivity contribution >= 4 is 45.6 Å². The summed E-state index contributed by atoms with van der Waals surface area (Å²) < 4.78 is 39.6. The molecule has 1 amide bonds. The molecule has 0 aliphatic heterocycles. The van der Waals surface area contributed by atoms with Crippen LogP contribution in [0.1, 0.15) is 12.5 Å². The van der Waals surface area contributed by atoms with Gasteiger partial charge in [-0.25, -0.2) is 0 Å². The number of nitrogens with zero attached hydrogens (tertiary/aromatic N) is 2. The molecule has 1 rings (SSSR count). The summed E-state index contributed by atoms with van der Waals surface area (Å²) in [4.78, 5) is 23.4. The second kappa shape index (κ2) is 7.79. The number of carbonyl (C=O) groups is 1. The van der Waals surface area contributed by atoms with E-state index in [1.54, 1.807) is 19.0 Å². The van der Waals surface area contributed by atoms with E-state index in [9.17, 15) is 28.1 Å². The van der Waals surface area contributed by atoms with E-state index in [-0.39, 0.29) is 0 Å². The van der Waals surface area contributed by atoms with Gasteiger partial charge in [0, 0.05) is 26.2 Å². The summed E-state index contributed by atoms with van der Waals surface area (Å²) in [5, 5.41) is 12.0. The van der Waals surface area contributed by atoms with E-state index in [0.717, 1.165) is 23.9 Å². The zero-order valence-electron chi connectivity index (χ0n) is 12.9. The fourth-order valence-corrected chi connectivity index (χ4v) is 2.65. The van der Waals surface area contributed by atoms with Gasteiger partial charge in [0.1, 0.15) is 4.32 Å². The third-order valence-corrected chi connectivity index (χ3v) is 4.58. The van der Waals surface area contributed by atoms with Gasteiger partial charge in [-0.3, -0.25) is 14.9 Å². The maximum atomic E-state index is 13.1. The number of halogens is 3. The first kappa shape index (κ1) is 20.2. The van der Waals surface area contributed by atoms with Crippen molar-refractivity contribution in [3.05, 3.63) is 33.9 Å². The second-order valence-corrected chi connectivity index (χ2v) is 6.87. The lowest BCUT2D eigenvalue weighted by Gasteiger charge is -2.18. The number of hydrogen-bond acceptors (Lipinski definition) is 5. The summed E-state index contributed by atoms with van der Waals surface area (Å²) in [6.07, 6.45) is -4.84. The SMILES string of the molecule is C[C@H](SC(=S)N(C)C)C(=O)Nc1ccc([N+](=O)[O-])cc1C(F)(F)F. The van der Waals surface area contributed by atoms with Crippen LogP contribution >= 0.6 is 24.0 Å². The molecule has 1 aromatic rings. The minimum absolute atomic E-state index is 0.387. The smallest absolute Gasteiger partial charge is 0.364 e. The van der Waals surface area contributed by atoms with Crippen LogP contribution in [0.2, 0.25) is 0 Å². The van der Waals surface area contributed by atoms with Crippen molar-refractivity contribution in [2.24, 2.45) is 0 Å². The first-order valence-corrected chi connectivity index (χ1v) is 7.76. The summed E-state index contributed by atoms with van der Waals surface area (Å²) in [6, 6.07) is 2.14. The van der Waals surface area contributed by atoms with Crippen molar-refractivity contribution in [2.75, 3.05) is 19.4 Å². The Labute approximate surface area is 145 Å². The highest BCUT2D eigenvalue weighted by Gasteiger charge is 2.36. The molecule has 0 spiro atoms. The van der Waals surface area contributed by atoms with E-state index in [4.69, 9.17) is 12.2 Å². The highest BCUT2D eigenvalue weighted by atomic mass is 32.2. The van der Waals surface area contributed by atoms with Crippen LogP contribution < -0.4 is 5.32 Å². The summed E-state index contributed by atoms with van der Waals surface area (Å²) >= 11 is 6.04. The van der Waals surface area contributed by atoms with Gasteiger partial charge in [0.2, 0.25) is 5.91 Å². The lowest BCUT2D eigenvalue weighted by Crippen LogP contribution is -2.28. The highest BCUT2D eigenvalue weighted by molar-refractivity contribution is 8.23. The normalized spacial score (nSPS) is 12.4. The Kier molecular flexibility index (Phi) is 6.55. The quantitative estimate of drug-likeness (QED) is 0.489. The van der Waals surface area contributed by atoms with Gasteiger partial charge in [-0.2, -0.15) is 13.2 Å². The molecule has 11 heteroatoms. The Hall–Kier alpha value is -1.88. The summed E-state index contributed by atoms with van der Waals surface area (Å²) in [6.45, 7) is 1.49. The molecule has 1 N–H and O–H groups in total. The van der Waals surface area contributed by atoms with Crippen molar-refractivity contribution < 1.29 is 22.9 Å². The molecule has 0 aliphatic carbocycles. The van der Waals surface area contributed by atoms with Gasteiger partial charge < -0.3 is 10.2 Å². The third kappa shape index (κ3) is 5.34. The van der Waals surface area contributed by atoms with Crippen LogP contribution in [0.15, 0.2) is 18.2 Å². The van der Waals surface area contributed by atoms with Crippen LogP contribution in [-0.2, 0) is 11.0 Å². The number of thioether (sulfide) groups is 1. The van der Waals surface area contributed by atoms with Gasteiger partial charge in [0.15, 0.2) is 0 Å². The minimum Gasteiger partial charge on any atom is -0.364 e. The van der Waals surface area contributed by atoms with Crippen molar-refractivity contribution in [1.82, 2.24) is 4.90 Å². The molecule has 132 valence electrons. The summed E-state index contributed by atoms with van der Waals surface area (Å²) in [5.74, 6) is -0.691. The number of anilines is 1. The Bertz CT molecular complexity index is 666. The number of carbonyl (C=O) groups excluding carboxylic acids is 1. The molecule has 0 saturated carbocycles. The van der Waals surface area contributed by atoms with Gasteiger partial charge in [-0.15, -0.1) is 0 Å². The van der Waals surface area contributed by atoms with Gasteiger partial charge in [-0.1, -0.05) is 24.0 Å². The zero-order chi connectivity index (χ0) is 18.7. The number of alkyl halides is 3. The number of non-ortho nitro benzene ring substituents is 1. The van der Waals surface area contributed by atoms with Crippen LogP contribution in [0.5, 0.6) is 0 Å². The number of nitro groups is 1. The van der Waals surface area contributed by atoms with Crippen molar-refractivity contribution in [1.29, 1.82) is 0 Å². The fourth-order valence-electron chi connectivity index (χ4n) is 1.53. The molecule has 0 bridgehead atoms. The highest BCUT2D eigenvalue weighted by Crippen LogP contribution is 2.37. The molecule has 24 heavy (non-hydrogen) atoms. The second-order valence-electron chi connectivity index (χ2n) is 4.89. The molecule has 0 unspecified atom stereocenters. The maximum Gasteiger partial charge on any atom is 0.418 e. The number of thiocarbonyl (C=S) groups is 1. The maximum absolute atomic E-state index is 13.1. The molecule has 0 aromatic heterocycles. The molecule has 0 fully saturated rings. The van der Waals surface area contributed by atoms with E-state index in [1.807, 2.05) is 0 Å². The Morgan fingerprint density at radius 3 is 2.46 bits per heavy atom. The van der Waals surface area contributed by atoms with Crippen molar-refractivity contribution in [2.45, 2.75) is 18.3 Å². The molecular formula is C13H14F3N3O3S2. The van der Waals surface area contributed by atoms with Gasteiger partial charge in [-0.05, 0) is 13.0 Å². The van der Waals surface area contributed by atoms with Crippen LogP contribution in [-0.4, -0.2) is 39.4 Å². The molecular weight excluding hydrogens is 367 g/mol. The molecule has 6 nitrogen and oxygen atoms in total. The average Bonchev–Trinajstić information content (AvgIpc) is 2.45. The first-order chi connectivity index (χ1) is 10.9. The minimum atomic E-state index is -4.84. The lowest BCUT2D eigenvalue weighted by molar-refractivity contribution is -0.385. The molecule has 1 atom stereocenters. The Balaban J connectivity index is 3.04. The lowest BCUT2D eigenvalue weighted by atomic mass is 10.1. The van der Waals surface area contributed by atoms with E-state index in [1.165, 1.54) is 6.92 Å². The molecule has 0 heterocycles. The third-order valence-electron chi connectivity index (χ3n) is 2.79. The number of amides is 1. The first-order valence-electron chi connectivity index (χ1n) is 6.48. The van der Waals surface area contributed by atoms with Gasteiger partial charge in [0.25, 0.3) is 5.69 Å². The molecule has 0 radical (unpaired) electrons. The predicted molar refractivity (Wildman–Crippen MR) is 90.1 cm³/mol. The number of benzene rings is 1. The van der Waals surface area contributed by atoms with E-state index in [0.29, 0.717) is 10.4 Å². The largest absolute Gasteiger partial charge is 0.418 e. The zero-order valence-corrected chi connectivity index (χ0v) is 14.5. The summed E-state index contributed by atoms with van der Waals surface area (Å²) in [5.41, 5.74) is -2.53. The van der Waals surface area contributed by atoms with E-state index >= 15 is 0 Å². The number of nitrogens with one attached hydrogen (secondary N) is 1. The van der Waals surface area contributed by atoms with Crippen molar-refractivity contribution in [3.63, 3.8) is 0 Å². The van der Waals surface area contributed by atoms with Gasteiger partial charge >= 0.3 is 6.18 Å². The van der Waals surface area contributed by atoms with Crippen molar-refractivity contribution in [3.8, 4) is 0 Å². The number of nitro benzene ring substituents is 1. The molecule has 0 saturated heterocycles. The van der Waals surface area contributed by atoms with Crippen LogP contribution in [0.25, 0.3) is 0 Å². The Morgan fingerprint density at radius 1 is 1.42 bits per heavy atom. The van der Waals surface area contributed by atoms with Crippen LogP contribution in [0.3, 0.4) is 0 Å². The molecule has 1 aromatic carbocycles. The fraction of sp³-hybridized carbons (Fsp3) is 0.385. The van der Waals surface area contributed by atoms with E-state index in [2.05, 4.69) is 5.32 Å². The van der Waals surface area contributed by atoms with E-state index < -0.39 is 39.2 Å². The Morgan fingerprint density at radius 2 is 2.00 bits per heavy atom. The monoisotopic (exact) mass is 381 g/mol. The number of rotatable bonds is 4.